The summed E-state index contributed by atoms with van der Waals surface area (Å²) in [5, 5.41) is 2.75. The van der Waals surface area contributed by atoms with Gasteiger partial charge < -0.3 is 10.3 Å². The molecule has 0 aliphatic rings. The highest BCUT2D eigenvalue weighted by atomic mass is 32.2. The minimum Gasteiger partial charge on any atom is -0.351 e. The first-order valence-corrected chi connectivity index (χ1v) is 11.0. The summed E-state index contributed by atoms with van der Waals surface area (Å²) in [5.41, 5.74) is 3.71. The number of fused-ring (bicyclic) bond motifs is 1. The minimum atomic E-state index is -3.76. The zero-order chi connectivity index (χ0) is 21.8. The molecule has 158 valence electrons. The molecule has 2 N–H and O–H groups in total. The van der Waals surface area contributed by atoms with Gasteiger partial charge in [-0.1, -0.05) is 36.4 Å². The number of carbonyl (C=O) groups is 1. The Bertz CT molecular complexity index is 1270. The van der Waals surface area contributed by atoms with Crippen molar-refractivity contribution in [2.45, 2.75) is 11.4 Å². The number of nitrogens with zero attached hydrogens (tertiary/aromatic N) is 3. The van der Waals surface area contributed by atoms with Gasteiger partial charge in [0.15, 0.2) is 0 Å². The molecule has 0 unspecified atom stereocenters. The smallest absolute Gasteiger partial charge is 0.244 e. The number of H-pyrrole nitrogens is 1. The number of para-hydroxylation sites is 2. The fourth-order valence-corrected chi connectivity index (χ4v) is 4.19. The van der Waals surface area contributed by atoms with Gasteiger partial charge in [-0.15, -0.1) is 0 Å². The summed E-state index contributed by atoms with van der Waals surface area (Å²) in [7, 11) is -2.40. The van der Waals surface area contributed by atoms with Crippen LogP contribution in [-0.4, -0.2) is 47.2 Å². The van der Waals surface area contributed by atoms with Crippen LogP contribution in [0.25, 0.3) is 22.4 Å². The maximum atomic E-state index is 12.5. The van der Waals surface area contributed by atoms with Gasteiger partial charge in [-0.2, -0.15) is 4.31 Å². The number of rotatable bonds is 7. The van der Waals surface area contributed by atoms with Gasteiger partial charge in [-0.3, -0.25) is 9.78 Å². The average molecular weight is 436 g/mol. The fourth-order valence-electron chi connectivity index (χ4n) is 3.09. The highest BCUT2D eigenvalue weighted by Gasteiger charge is 2.22. The maximum absolute atomic E-state index is 12.5. The molecule has 0 fully saturated rings. The number of aromatic nitrogens is 3. The summed E-state index contributed by atoms with van der Waals surface area (Å²) in [5.74, 6) is 0.385. The number of hydrogen-bond acceptors (Lipinski definition) is 5. The molecule has 0 aliphatic heterocycles. The van der Waals surface area contributed by atoms with Crippen LogP contribution >= 0.6 is 0 Å². The number of hydrogen-bond donors (Lipinski definition) is 2. The number of sulfonamides is 1. The summed E-state index contributed by atoms with van der Waals surface area (Å²) < 4.78 is 26.0. The van der Waals surface area contributed by atoms with E-state index in [2.05, 4.69) is 20.3 Å². The number of benzene rings is 2. The zero-order valence-corrected chi connectivity index (χ0v) is 17.6. The predicted octanol–water partition coefficient (Wildman–Crippen LogP) is 2.56. The average Bonchev–Trinajstić information content (AvgIpc) is 3.23. The fraction of sp³-hybridized carbons (Fsp3) is 0.136. The molecule has 31 heavy (non-hydrogen) atoms. The van der Waals surface area contributed by atoms with Crippen LogP contribution in [-0.2, 0) is 21.4 Å². The Hall–Kier alpha value is -3.56. The molecule has 4 aromatic rings. The quantitative estimate of drug-likeness (QED) is 0.464. The summed E-state index contributed by atoms with van der Waals surface area (Å²) in [4.78, 5) is 24.0. The van der Waals surface area contributed by atoms with Gasteiger partial charge in [0.2, 0.25) is 15.9 Å². The lowest BCUT2D eigenvalue weighted by Crippen LogP contribution is -2.38. The third kappa shape index (κ3) is 4.62. The highest BCUT2D eigenvalue weighted by Crippen LogP contribution is 2.20. The predicted molar refractivity (Wildman–Crippen MR) is 117 cm³/mol. The van der Waals surface area contributed by atoms with Gasteiger partial charge in [0.25, 0.3) is 0 Å². The highest BCUT2D eigenvalue weighted by molar-refractivity contribution is 7.89. The summed E-state index contributed by atoms with van der Waals surface area (Å²) >= 11 is 0. The molecular weight excluding hydrogens is 414 g/mol. The van der Waals surface area contributed by atoms with Crippen LogP contribution in [0.3, 0.4) is 0 Å². The van der Waals surface area contributed by atoms with Gasteiger partial charge in [0, 0.05) is 31.5 Å². The second-order valence-electron chi connectivity index (χ2n) is 7.03. The SMILES string of the molecule is CN(CC(=O)NCc1ccc(-c2nc3ccccc3[nH]2)cc1)S(=O)(=O)c1cccnc1. The molecule has 8 nitrogen and oxygen atoms in total. The van der Waals surface area contributed by atoms with Crippen LogP contribution < -0.4 is 5.32 Å². The molecule has 2 aromatic carbocycles. The second-order valence-corrected chi connectivity index (χ2v) is 9.07. The number of likely N-dealkylation sites (N-methyl/N-ethyl adjacent to an activating group) is 1. The third-order valence-electron chi connectivity index (χ3n) is 4.82. The van der Waals surface area contributed by atoms with Crippen LogP contribution in [0.4, 0.5) is 0 Å². The topological polar surface area (TPSA) is 108 Å². The van der Waals surface area contributed by atoms with Gasteiger partial charge in [-0.25, -0.2) is 13.4 Å². The summed E-state index contributed by atoms with van der Waals surface area (Å²) in [6.45, 7) is 0.00825. The zero-order valence-electron chi connectivity index (χ0n) is 16.8. The Labute approximate surface area is 180 Å². The van der Waals surface area contributed by atoms with Crippen LogP contribution in [0.2, 0.25) is 0 Å². The molecule has 0 aliphatic carbocycles. The first kappa shape index (κ1) is 20.7. The van der Waals surface area contributed by atoms with Crippen molar-refractivity contribution >= 4 is 27.0 Å². The van der Waals surface area contributed by atoms with E-state index in [1.165, 1.54) is 31.6 Å². The first-order valence-electron chi connectivity index (χ1n) is 9.60. The van der Waals surface area contributed by atoms with Gasteiger partial charge in [0.1, 0.15) is 10.7 Å². The third-order valence-corrected chi connectivity index (χ3v) is 6.60. The van der Waals surface area contributed by atoms with E-state index in [9.17, 15) is 13.2 Å². The largest absolute Gasteiger partial charge is 0.351 e. The van der Waals surface area contributed by atoms with Crippen LogP contribution in [0, 0.1) is 0 Å². The molecular formula is C22H21N5O3S. The molecule has 2 heterocycles. The van der Waals surface area contributed by atoms with Gasteiger partial charge in [-0.05, 0) is 29.8 Å². The molecule has 1 amide bonds. The number of aromatic amines is 1. The van der Waals surface area contributed by atoms with E-state index in [4.69, 9.17) is 0 Å². The van der Waals surface area contributed by atoms with E-state index >= 15 is 0 Å². The first-order chi connectivity index (χ1) is 14.9. The molecule has 4 rings (SSSR count). The lowest BCUT2D eigenvalue weighted by atomic mass is 10.1. The normalized spacial score (nSPS) is 11.7. The van der Waals surface area contributed by atoms with Crippen molar-refractivity contribution in [1.82, 2.24) is 24.6 Å². The lowest BCUT2D eigenvalue weighted by Gasteiger charge is -2.16. The molecule has 0 atom stereocenters. The molecule has 0 saturated carbocycles. The molecule has 0 spiro atoms. The van der Waals surface area contributed by atoms with E-state index in [0.29, 0.717) is 6.54 Å². The monoisotopic (exact) mass is 435 g/mol. The molecule has 0 radical (unpaired) electrons. The Morgan fingerprint density at radius 2 is 1.84 bits per heavy atom. The van der Waals surface area contributed by atoms with Crippen molar-refractivity contribution in [3.05, 3.63) is 78.6 Å². The summed E-state index contributed by atoms with van der Waals surface area (Å²) in [6, 6.07) is 18.5. The number of nitrogens with one attached hydrogen (secondary N) is 2. The van der Waals surface area contributed by atoms with E-state index in [1.54, 1.807) is 0 Å². The van der Waals surface area contributed by atoms with E-state index in [-0.39, 0.29) is 11.4 Å². The van der Waals surface area contributed by atoms with Crippen molar-refractivity contribution < 1.29 is 13.2 Å². The van der Waals surface area contributed by atoms with E-state index in [0.717, 1.165) is 32.3 Å². The van der Waals surface area contributed by atoms with Crippen molar-refractivity contribution in [3.63, 3.8) is 0 Å². The van der Waals surface area contributed by atoms with Crippen LogP contribution in [0.1, 0.15) is 5.56 Å². The Balaban J connectivity index is 1.35. The number of carbonyl (C=O) groups excluding carboxylic acids is 1. The number of imidazole rings is 1. The second kappa shape index (κ2) is 8.66. The van der Waals surface area contributed by atoms with Gasteiger partial charge >= 0.3 is 0 Å². The molecule has 2 aromatic heterocycles. The molecule has 0 bridgehead atoms. The Kier molecular flexibility index (Phi) is 5.79. The lowest BCUT2D eigenvalue weighted by molar-refractivity contribution is -0.121. The van der Waals surface area contributed by atoms with Crippen molar-refractivity contribution in [3.8, 4) is 11.4 Å². The van der Waals surface area contributed by atoms with Crippen molar-refractivity contribution in [1.29, 1.82) is 0 Å². The minimum absolute atomic E-state index is 0.0477. The molecule has 9 heteroatoms. The Morgan fingerprint density at radius 3 is 2.55 bits per heavy atom. The van der Waals surface area contributed by atoms with E-state index < -0.39 is 15.9 Å². The standard InChI is InChI=1S/C22H21N5O3S/c1-27(31(29,30)18-5-4-12-23-14-18)15-21(28)24-13-16-8-10-17(11-9-16)22-25-19-6-2-3-7-20(19)26-22/h2-12,14H,13,15H2,1H3,(H,24,28)(H,25,26). The van der Waals surface area contributed by atoms with Gasteiger partial charge in [0.05, 0.1) is 17.6 Å². The maximum Gasteiger partial charge on any atom is 0.244 e. The van der Waals surface area contributed by atoms with Crippen LogP contribution in [0.15, 0.2) is 78.0 Å². The van der Waals surface area contributed by atoms with Crippen molar-refractivity contribution in [2.24, 2.45) is 0 Å². The number of amides is 1. The number of pyridine rings is 1. The van der Waals surface area contributed by atoms with Crippen LogP contribution in [0.5, 0.6) is 0 Å². The van der Waals surface area contributed by atoms with E-state index in [1.807, 2.05) is 48.5 Å². The Morgan fingerprint density at radius 1 is 1.06 bits per heavy atom. The van der Waals surface area contributed by atoms with Crippen molar-refractivity contribution in [2.75, 3.05) is 13.6 Å². The molecule has 0 saturated heterocycles. The summed E-state index contributed by atoms with van der Waals surface area (Å²) in [6.07, 6.45) is 2.75.